The molecule has 0 radical (unpaired) electrons. The van der Waals surface area contributed by atoms with Crippen molar-refractivity contribution < 1.29 is 0 Å². The van der Waals surface area contributed by atoms with Crippen LogP contribution in [0, 0.1) is 0 Å². The van der Waals surface area contributed by atoms with Gasteiger partial charge in [-0.2, -0.15) is 0 Å². The van der Waals surface area contributed by atoms with Crippen molar-refractivity contribution in [1.29, 1.82) is 0 Å². The molecule has 1 aromatic heterocycles. The maximum Gasteiger partial charge on any atom is 0.0482 e. The van der Waals surface area contributed by atoms with Crippen LogP contribution in [0.3, 0.4) is 0 Å². The Morgan fingerprint density at radius 2 is 2.19 bits per heavy atom. The number of rotatable bonds is 4. The summed E-state index contributed by atoms with van der Waals surface area (Å²) < 4.78 is 0. The molecule has 1 aliphatic carbocycles. The van der Waals surface area contributed by atoms with Gasteiger partial charge in [-0.05, 0) is 55.6 Å². The first kappa shape index (κ1) is 14.8. The van der Waals surface area contributed by atoms with Crippen LogP contribution in [0.5, 0.6) is 0 Å². The zero-order chi connectivity index (χ0) is 14.8. The summed E-state index contributed by atoms with van der Waals surface area (Å²) >= 11 is 12.3. The molecule has 2 aromatic rings. The van der Waals surface area contributed by atoms with Gasteiger partial charge in [-0.1, -0.05) is 35.3 Å². The van der Waals surface area contributed by atoms with Crippen molar-refractivity contribution in [2.45, 2.75) is 31.2 Å². The average Bonchev–Trinajstić information content (AvgIpc) is 2.91. The molecular weight excluding hydrogens is 303 g/mol. The lowest BCUT2D eigenvalue weighted by molar-refractivity contribution is 0.450. The minimum atomic E-state index is 0.333. The predicted molar refractivity (Wildman–Crippen MR) is 88.3 cm³/mol. The topological polar surface area (TPSA) is 24.9 Å². The Morgan fingerprint density at radius 3 is 2.95 bits per heavy atom. The third kappa shape index (κ3) is 3.08. The fourth-order valence-electron chi connectivity index (χ4n) is 3.21. The molecule has 0 bridgehead atoms. The van der Waals surface area contributed by atoms with Crippen LogP contribution in [0.15, 0.2) is 36.5 Å². The second kappa shape index (κ2) is 6.35. The van der Waals surface area contributed by atoms with Crippen LogP contribution in [-0.4, -0.2) is 18.1 Å². The molecule has 21 heavy (non-hydrogen) atoms. The number of halogens is 2. The molecule has 4 heteroatoms. The van der Waals surface area contributed by atoms with E-state index in [2.05, 4.69) is 16.4 Å². The van der Waals surface area contributed by atoms with Gasteiger partial charge in [0.2, 0.25) is 0 Å². The molecule has 0 saturated carbocycles. The van der Waals surface area contributed by atoms with Crippen LogP contribution in [0.25, 0.3) is 0 Å². The van der Waals surface area contributed by atoms with Crippen molar-refractivity contribution in [2.24, 2.45) is 0 Å². The first-order valence-corrected chi connectivity index (χ1v) is 7.99. The number of aryl methyl sites for hydroxylation is 1. The second-order valence-electron chi connectivity index (χ2n) is 5.53. The third-order valence-electron chi connectivity index (χ3n) is 4.31. The summed E-state index contributed by atoms with van der Waals surface area (Å²) in [7, 11) is 2.01. The lowest BCUT2D eigenvalue weighted by Crippen LogP contribution is -2.33. The van der Waals surface area contributed by atoms with Crippen LogP contribution in [0.4, 0.5) is 0 Å². The van der Waals surface area contributed by atoms with Crippen molar-refractivity contribution in [3.8, 4) is 0 Å². The molecule has 2 unspecified atom stereocenters. The van der Waals surface area contributed by atoms with Gasteiger partial charge in [0.15, 0.2) is 0 Å². The van der Waals surface area contributed by atoms with E-state index in [1.165, 1.54) is 11.3 Å². The molecule has 0 aliphatic heterocycles. The molecular formula is C17H18Cl2N2. The van der Waals surface area contributed by atoms with Gasteiger partial charge < -0.3 is 5.32 Å². The summed E-state index contributed by atoms with van der Waals surface area (Å²) in [4.78, 5) is 4.59. The van der Waals surface area contributed by atoms with Crippen LogP contribution in [0.2, 0.25) is 10.0 Å². The largest absolute Gasteiger partial charge is 0.316 e. The predicted octanol–water partition coefficient (Wildman–Crippen LogP) is 4.25. The maximum absolute atomic E-state index is 6.31. The number of benzene rings is 1. The van der Waals surface area contributed by atoms with E-state index in [9.17, 15) is 0 Å². The van der Waals surface area contributed by atoms with Crippen LogP contribution >= 0.6 is 23.2 Å². The van der Waals surface area contributed by atoms with E-state index in [1.54, 1.807) is 0 Å². The normalized spacial score (nSPS) is 18.5. The minimum absolute atomic E-state index is 0.333. The smallest absolute Gasteiger partial charge is 0.0482 e. The van der Waals surface area contributed by atoms with E-state index in [0.717, 1.165) is 29.8 Å². The van der Waals surface area contributed by atoms with E-state index in [4.69, 9.17) is 23.2 Å². The van der Waals surface area contributed by atoms with Gasteiger partial charge in [-0.15, -0.1) is 0 Å². The second-order valence-corrected chi connectivity index (χ2v) is 6.37. The highest BCUT2D eigenvalue weighted by Gasteiger charge is 2.30. The molecule has 1 heterocycles. The van der Waals surface area contributed by atoms with Gasteiger partial charge in [0.25, 0.3) is 0 Å². The molecule has 0 spiro atoms. The van der Waals surface area contributed by atoms with E-state index < -0.39 is 0 Å². The number of pyridine rings is 1. The first-order valence-electron chi connectivity index (χ1n) is 7.24. The highest BCUT2D eigenvalue weighted by molar-refractivity contribution is 6.35. The Labute approximate surface area is 135 Å². The zero-order valence-corrected chi connectivity index (χ0v) is 13.5. The molecule has 1 N–H and O–H groups in total. The summed E-state index contributed by atoms with van der Waals surface area (Å²) in [5, 5.41) is 4.86. The van der Waals surface area contributed by atoms with Gasteiger partial charge >= 0.3 is 0 Å². The Hall–Kier alpha value is -1.09. The van der Waals surface area contributed by atoms with E-state index >= 15 is 0 Å². The molecule has 1 aliphatic rings. The molecule has 2 nitrogen and oxygen atoms in total. The van der Waals surface area contributed by atoms with Crippen LogP contribution in [-0.2, 0) is 12.8 Å². The summed E-state index contributed by atoms with van der Waals surface area (Å²) in [6.07, 6.45) is 5.02. The number of likely N-dealkylation sites (N-methyl/N-ethyl adjacent to an activating group) is 1. The Morgan fingerprint density at radius 1 is 1.33 bits per heavy atom. The van der Waals surface area contributed by atoms with Crippen molar-refractivity contribution in [2.75, 3.05) is 7.05 Å². The average molecular weight is 321 g/mol. The Kier molecular flexibility index (Phi) is 4.48. The molecule has 1 aromatic carbocycles. The molecule has 0 saturated heterocycles. The van der Waals surface area contributed by atoms with Crippen LogP contribution in [0.1, 0.15) is 29.2 Å². The van der Waals surface area contributed by atoms with Gasteiger partial charge in [0.1, 0.15) is 0 Å². The van der Waals surface area contributed by atoms with E-state index in [1.807, 2.05) is 37.5 Å². The van der Waals surface area contributed by atoms with Gasteiger partial charge in [-0.25, -0.2) is 0 Å². The number of nitrogens with one attached hydrogen (secondary N) is 1. The lowest BCUT2D eigenvalue weighted by atomic mass is 9.91. The molecule has 110 valence electrons. The zero-order valence-electron chi connectivity index (χ0n) is 11.9. The van der Waals surface area contributed by atoms with E-state index in [0.29, 0.717) is 17.0 Å². The SMILES string of the molecule is CNC(Cc1ccc(Cl)cc1Cl)C1CCc2cccnc21. The molecule has 3 rings (SSSR count). The van der Waals surface area contributed by atoms with Gasteiger partial charge in [0.05, 0.1) is 0 Å². The number of nitrogens with zero attached hydrogens (tertiary/aromatic N) is 1. The number of aromatic nitrogens is 1. The molecule has 0 amide bonds. The maximum atomic E-state index is 6.31. The van der Waals surface area contributed by atoms with Gasteiger partial charge in [0, 0.05) is 33.9 Å². The van der Waals surface area contributed by atoms with Gasteiger partial charge in [-0.3, -0.25) is 4.98 Å². The third-order valence-corrected chi connectivity index (χ3v) is 4.90. The summed E-state index contributed by atoms with van der Waals surface area (Å²) in [6, 6.07) is 10.3. The van der Waals surface area contributed by atoms with Crippen molar-refractivity contribution in [1.82, 2.24) is 10.3 Å². The Bertz CT molecular complexity index is 642. The summed E-state index contributed by atoms with van der Waals surface area (Å²) in [5.41, 5.74) is 3.75. The summed E-state index contributed by atoms with van der Waals surface area (Å²) in [6.45, 7) is 0. The first-order chi connectivity index (χ1) is 10.2. The minimum Gasteiger partial charge on any atom is -0.316 e. The summed E-state index contributed by atoms with van der Waals surface area (Å²) in [5.74, 6) is 0.443. The quantitative estimate of drug-likeness (QED) is 0.911. The fourth-order valence-corrected chi connectivity index (χ4v) is 3.69. The van der Waals surface area contributed by atoms with Crippen molar-refractivity contribution in [3.05, 3.63) is 63.4 Å². The highest BCUT2D eigenvalue weighted by atomic mass is 35.5. The number of hydrogen-bond acceptors (Lipinski definition) is 2. The Balaban J connectivity index is 1.83. The van der Waals surface area contributed by atoms with E-state index in [-0.39, 0.29) is 0 Å². The van der Waals surface area contributed by atoms with Crippen molar-refractivity contribution >= 4 is 23.2 Å². The number of fused-ring (bicyclic) bond motifs is 1. The standard InChI is InChI=1S/C17H18Cl2N2/c1-20-16(9-12-4-6-13(18)10-15(12)19)14-7-5-11-3-2-8-21-17(11)14/h2-4,6,8,10,14,16,20H,5,7,9H2,1H3. The monoisotopic (exact) mass is 320 g/mol. The van der Waals surface area contributed by atoms with Crippen molar-refractivity contribution in [3.63, 3.8) is 0 Å². The van der Waals surface area contributed by atoms with Crippen LogP contribution < -0.4 is 5.32 Å². The fraction of sp³-hybridized carbons (Fsp3) is 0.353. The molecule has 2 atom stereocenters. The lowest BCUT2D eigenvalue weighted by Gasteiger charge is -2.24. The molecule has 0 fully saturated rings. The highest BCUT2D eigenvalue weighted by Crippen LogP contribution is 2.35. The number of hydrogen-bond donors (Lipinski definition) is 1.